The molecule has 3 nitrogen and oxygen atoms in total. The molecule has 0 bridgehead atoms. The summed E-state index contributed by atoms with van der Waals surface area (Å²) in [6.07, 6.45) is 0. The third kappa shape index (κ3) is 3660. The van der Waals surface area contributed by atoms with Crippen LogP contribution in [0.2, 0.25) is 0 Å². The molecule has 0 amide bonds. The molecule has 0 atom stereocenters. The summed E-state index contributed by atoms with van der Waals surface area (Å²) in [4.78, 5) is 7.72. The Kier molecular flexibility index (Phi) is 6.98. The second-order valence-corrected chi connectivity index (χ2v) is 0.679. The molecular formula is CH3CoO3. The van der Waals surface area contributed by atoms with Gasteiger partial charge in [-0.25, -0.2) is 0 Å². The van der Waals surface area contributed by atoms with E-state index in [0.29, 0.717) is 0 Å². The van der Waals surface area contributed by atoms with Gasteiger partial charge in [-0.2, -0.15) is 0 Å². The van der Waals surface area contributed by atoms with Crippen LogP contribution >= 0.6 is 0 Å². The van der Waals surface area contributed by atoms with Crippen molar-refractivity contribution >= 4 is 4.90 Å². The third-order valence-electron chi connectivity index (χ3n) is 0. The zero-order valence-electron chi connectivity index (χ0n) is 2.19. The SMILES string of the molecule is O.O=[C](O)[Co]. The van der Waals surface area contributed by atoms with E-state index in [1.807, 2.05) is 0 Å². The second kappa shape index (κ2) is 3.94. The maximum atomic E-state index is 8.86. The molecule has 0 aliphatic rings. The van der Waals surface area contributed by atoms with Crippen molar-refractivity contribution in [2.75, 3.05) is 0 Å². The van der Waals surface area contributed by atoms with Gasteiger partial charge in [-0.15, -0.1) is 0 Å². The van der Waals surface area contributed by atoms with Gasteiger partial charge in [0.2, 0.25) is 0 Å². The van der Waals surface area contributed by atoms with E-state index < -0.39 is 4.90 Å². The molecule has 0 aliphatic heterocycles. The molecular weight excluding hydrogens is 119 g/mol. The molecule has 0 radical (unpaired) electrons. The normalized spacial score (nSPS) is 5.20. The number of hydrogen-bond acceptors (Lipinski definition) is 1. The Labute approximate surface area is 36.9 Å². The van der Waals surface area contributed by atoms with Crippen LogP contribution < -0.4 is 0 Å². The first-order valence-corrected chi connectivity index (χ1v) is 1.11. The molecule has 0 saturated carbocycles. The van der Waals surface area contributed by atoms with Crippen LogP contribution in [0.5, 0.6) is 0 Å². The summed E-state index contributed by atoms with van der Waals surface area (Å²) in [6.45, 7) is 0. The second-order valence-electron chi connectivity index (χ2n) is 0.234. The van der Waals surface area contributed by atoms with E-state index in [2.05, 4.69) is 15.7 Å². The van der Waals surface area contributed by atoms with Crippen molar-refractivity contribution in [1.82, 2.24) is 0 Å². The van der Waals surface area contributed by atoms with Crippen LogP contribution in [-0.2, 0) is 15.7 Å². The number of hydrogen-bond donors (Lipinski definition) is 1. The predicted octanol–water partition coefficient (Wildman–Crippen LogP) is -0.613. The average Bonchev–Trinajstić information content (AvgIpc) is 0.811. The molecule has 0 fully saturated rings. The van der Waals surface area contributed by atoms with Crippen LogP contribution in [-0.4, -0.2) is 15.5 Å². The molecule has 3 N–H and O–H groups in total. The molecule has 0 saturated heterocycles. The fourth-order valence-corrected chi connectivity index (χ4v) is 0. The van der Waals surface area contributed by atoms with Gasteiger partial charge >= 0.3 is 30.5 Å². The summed E-state index contributed by atoms with van der Waals surface area (Å²) >= 11 is 2.92. The maximum absolute atomic E-state index is 8.86. The minimum atomic E-state index is -1.15. The van der Waals surface area contributed by atoms with Gasteiger partial charge < -0.3 is 5.48 Å². The monoisotopic (exact) mass is 122 g/mol. The first-order chi connectivity index (χ1) is 1.73. The van der Waals surface area contributed by atoms with Crippen molar-refractivity contribution in [2.45, 2.75) is 0 Å². The van der Waals surface area contributed by atoms with Gasteiger partial charge in [-0.05, 0) is 0 Å². The number of rotatable bonds is 0. The molecule has 0 rings (SSSR count). The Balaban J connectivity index is 0. The van der Waals surface area contributed by atoms with Gasteiger partial charge in [-0.1, -0.05) is 0 Å². The average molecular weight is 122 g/mol. The molecule has 0 spiro atoms. The Morgan fingerprint density at radius 3 is 1.80 bits per heavy atom. The van der Waals surface area contributed by atoms with Gasteiger partial charge in [0.15, 0.2) is 0 Å². The molecule has 0 aromatic rings. The van der Waals surface area contributed by atoms with Crippen LogP contribution in [0.3, 0.4) is 0 Å². The first-order valence-electron chi connectivity index (χ1n) is 0.594. The van der Waals surface area contributed by atoms with Crippen molar-refractivity contribution in [3.63, 3.8) is 0 Å². The van der Waals surface area contributed by atoms with Gasteiger partial charge in [-0.3, -0.25) is 0 Å². The van der Waals surface area contributed by atoms with Gasteiger partial charge in [0, 0.05) is 0 Å². The van der Waals surface area contributed by atoms with Crippen molar-refractivity contribution in [3.05, 3.63) is 0 Å². The molecule has 0 heterocycles. The summed E-state index contributed by atoms with van der Waals surface area (Å²) in [6, 6.07) is 0. The van der Waals surface area contributed by atoms with Crippen LogP contribution in [0.25, 0.3) is 0 Å². The van der Waals surface area contributed by atoms with E-state index in [-0.39, 0.29) is 5.48 Å². The quantitative estimate of drug-likeness (QED) is 0.465. The molecule has 4 heteroatoms. The molecule has 5 heavy (non-hydrogen) atoms. The van der Waals surface area contributed by atoms with Crippen LogP contribution in [0.15, 0.2) is 0 Å². The van der Waals surface area contributed by atoms with Crippen molar-refractivity contribution in [1.29, 1.82) is 0 Å². The van der Waals surface area contributed by atoms with Crippen molar-refractivity contribution < 1.29 is 31.1 Å². The Hall–Kier alpha value is -0.0635. The Morgan fingerprint density at radius 2 is 1.80 bits per heavy atom. The van der Waals surface area contributed by atoms with E-state index >= 15 is 0 Å². The van der Waals surface area contributed by atoms with E-state index in [0.717, 1.165) is 0 Å². The third-order valence-corrected chi connectivity index (χ3v) is 0. The standard InChI is InChI=1S/CHO2.Co.H2O/c2-1-3;;/h(H,2,3);;1H2. The van der Waals surface area contributed by atoms with E-state index in [4.69, 9.17) is 9.90 Å². The summed E-state index contributed by atoms with van der Waals surface area (Å²) < 4.78 is 0. The summed E-state index contributed by atoms with van der Waals surface area (Å²) in [7, 11) is 0. The fraction of sp³-hybridized carbons (Fsp3) is 0. The molecule has 0 aromatic heterocycles. The first kappa shape index (κ1) is 8.87. The topological polar surface area (TPSA) is 68.8 Å². The zero-order valence-corrected chi connectivity index (χ0v) is 3.23. The van der Waals surface area contributed by atoms with E-state index in [1.165, 1.54) is 0 Å². The zero-order chi connectivity index (χ0) is 3.58. The van der Waals surface area contributed by atoms with Crippen molar-refractivity contribution in [3.8, 4) is 0 Å². The van der Waals surface area contributed by atoms with Crippen LogP contribution in [0, 0.1) is 0 Å². The van der Waals surface area contributed by atoms with Crippen LogP contribution in [0.1, 0.15) is 0 Å². The van der Waals surface area contributed by atoms with Crippen LogP contribution in [0.4, 0.5) is 4.79 Å². The Morgan fingerprint density at radius 1 is 1.80 bits per heavy atom. The summed E-state index contributed by atoms with van der Waals surface area (Å²) in [5.74, 6) is 0. The number of carboxylic acid groups (broad SMARTS) is 1. The Bertz CT molecular complexity index is 29.9. The van der Waals surface area contributed by atoms with Gasteiger partial charge in [0.25, 0.3) is 0 Å². The fourth-order valence-electron chi connectivity index (χ4n) is 0. The van der Waals surface area contributed by atoms with Gasteiger partial charge in [0.05, 0.1) is 0 Å². The summed E-state index contributed by atoms with van der Waals surface area (Å²) in [5, 5.41) is 7.28. The molecule has 0 aliphatic carbocycles. The number of carbonyl (C=O) groups is 1. The molecule has 34 valence electrons. The summed E-state index contributed by atoms with van der Waals surface area (Å²) in [5.41, 5.74) is 0. The molecule has 0 unspecified atom stereocenters. The molecule has 0 aromatic carbocycles. The predicted molar refractivity (Wildman–Crippen MR) is 11.6 cm³/mol. The van der Waals surface area contributed by atoms with Crippen molar-refractivity contribution in [2.24, 2.45) is 0 Å². The van der Waals surface area contributed by atoms with E-state index in [1.54, 1.807) is 0 Å². The van der Waals surface area contributed by atoms with Gasteiger partial charge in [0.1, 0.15) is 0 Å². The van der Waals surface area contributed by atoms with E-state index in [9.17, 15) is 0 Å². The minimum absolute atomic E-state index is 0.